The predicted molar refractivity (Wildman–Crippen MR) is 48.3 cm³/mol. The maximum atomic E-state index is 12.7. The van der Waals surface area contributed by atoms with Crippen molar-refractivity contribution in [2.24, 2.45) is 10.7 Å². The quantitative estimate of drug-likeness (QED) is 0.495. The molecule has 12 heavy (non-hydrogen) atoms. The number of aliphatic imine (C=N–C) groups is 1. The van der Waals surface area contributed by atoms with Crippen molar-refractivity contribution < 1.29 is 4.39 Å². The maximum absolute atomic E-state index is 12.7. The summed E-state index contributed by atoms with van der Waals surface area (Å²) in [5.74, 6) is 0.117. The van der Waals surface area contributed by atoms with E-state index in [9.17, 15) is 4.39 Å². The minimum atomic E-state index is -0.238. The third kappa shape index (κ3) is 2.05. The van der Waals surface area contributed by atoms with Crippen LogP contribution in [-0.4, -0.2) is 5.84 Å². The van der Waals surface area contributed by atoms with E-state index in [1.54, 1.807) is 0 Å². The number of halogens is 1. The van der Waals surface area contributed by atoms with Crippen molar-refractivity contribution in [1.29, 1.82) is 0 Å². The second-order valence-electron chi connectivity index (χ2n) is 2.49. The Morgan fingerprint density at radius 1 is 1.75 bits per heavy atom. The molecule has 1 aliphatic rings. The summed E-state index contributed by atoms with van der Waals surface area (Å²) in [7, 11) is 0. The van der Waals surface area contributed by atoms with Gasteiger partial charge in [-0.2, -0.15) is 0 Å². The Balaban J connectivity index is 2.82. The van der Waals surface area contributed by atoms with E-state index in [0.717, 1.165) is 12.0 Å². The zero-order valence-electron chi connectivity index (χ0n) is 6.76. The van der Waals surface area contributed by atoms with Gasteiger partial charge in [0.15, 0.2) is 0 Å². The van der Waals surface area contributed by atoms with E-state index in [1.807, 2.05) is 0 Å². The minimum Gasteiger partial charge on any atom is -0.383 e. The summed E-state index contributed by atoms with van der Waals surface area (Å²) in [6.07, 6.45) is 5.73. The van der Waals surface area contributed by atoms with Gasteiger partial charge in [-0.15, -0.1) is 0 Å². The van der Waals surface area contributed by atoms with E-state index in [4.69, 9.17) is 5.73 Å². The molecule has 3 heteroatoms. The highest BCUT2D eigenvalue weighted by Gasteiger charge is 2.07. The van der Waals surface area contributed by atoms with E-state index in [-0.39, 0.29) is 5.83 Å². The van der Waals surface area contributed by atoms with Crippen LogP contribution in [0.2, 0.25) is 0 Å². The largest absolute Gasteiger partial charge is 0.383 e. The van der Waals surface area contributed by atoms with Crippen LogP contribution in [0.5, 0.6) is 0 Å². The Morgan fingerprint density at radius 3 is 3.08 bits per heavy atom. The maximum Gasteiger partial charge on any atom is 0.126 e. The molecule has 0 heterocycles. The monoisotopic (exact) mass is 166 g/mol. The third-order valence-corrected chi connectivity index (χ3v) is 1.62. The molecular formula is C9H11FN2. The highest BCUT2D eigenvalue weighted by molar-refractivity contribution is 5.97. The lowest BCUT2D eigenvalue weighted by Gasteiger charge is -2.08. The molecule has 2 N–H and O–H groups in total. The van der Waals surface area contributed by atoms with Crippen molar-refractivity contribution in [3.05, 3.63) is 36.3 Å². The Kier molecular flexibility index (Phi) is 2.80. The molecule has 0 amide bonds. The Labute approximate surface area is 71.0 Å². The first-order chi connectivity index (χ1) is 5.74. The number of nitrogens with two attached hydrogens (primary N) is 1. The fourth-order valence-corrected chi connectivity index (χ4v) is 1.05. The van der Waals surface area contributed by atoms with Gasteiger partial charge in [-0.3, -0.25) is 0 Å². The lowest BCUT2D eigenvalue weighted by Crippen LogP contribution is -2.15. The van der Waals surface area contributed by atoms with E-state index >= 15 is 0 Å². The van der Waals surface area contributed by atoms with Crippen LogP contribution in [0.3, 0.4) is 0 Å². The summed E-state index contributed by atoms with van der Waals surface area (Å²) >= 11 is 0. The molecule has 0 atom stereocenters. The standard InChI is InChI=1S/C9H11FN2/c1-2-12-9(11)7-4-3-5-8(10)6-7/h2,5-6H,1,3-4H2,(H2,11,12). The number of nitrogens with zero attached hydrogens (tertiary/aromatic N) is 1. The molecule has 0 aromatic rings. The number of hydrogen-bond donors (Lipinski definition) is 1. The van der Waals surface area contributed by atoms with E-state index < -0.39 is 0 Å². The van der Waals surface area contributed by atoms with Crippen LogP contribution in [-0.2, 0) is 0 Å². The normalized spacial score (nSPS) is 18.2. The first kappa shape index (κ1) is 8.71. The first-order valence-corrected chi connectivity index (χ1v) is 3.75. The molecule has 2 nitrogen and oxygen atoms in total. The van der Waals surface area contributed by atoms with E-state index in [1.165, 1.54) is 18.4 Å². The molecule has 1 rings (SSSR count). The summed E-state index contributed by atoms with van der Waals surface area (Å²) in [6, 6.07) is 0. The predicted octanol–water partition coefficient (Wildman–Crippen LogP) is 2.06. The molecule has 0 bridgehead atoms. The van der Waals surface area contributed by atoms with Gasteiger partial charge in [-0.25, -0.2) is 9.38 Å². The Hall–Kier alpha value is -1.38. The van der Waals surface area contributed by atoms with Crippen molar-refractivity contribution in [3.8, 4) is 0 Å². The van der Waals surface area contributed by atoms with Gasteiger partial charge in [0.05, 0.1) is 0 Å². The Morgan fingerprint density at radius 2 is 2.50 bits per heavy atom. The van der Waals surface area contributed by atoms with Crippen LogP contribution in [0.15, 0.2) is 41.3 Å². The van der Waals surface area contributed by atoms with Crippen LogP contribution in [0.1, 0.15) is 12.8 Å². The fraction of sp³-hybridized carbons (Fsp3) is 0.222. The second kappa shape index (κ2) is 3.85. The van der Waals surface area contributed by atoms with Crippen LogP contribution in [0.25, 0.3) is 0 Å². The van der Waals surface area contributed by atoms with Gasteiger partial charge >= 0.3 is 0 Å². The zero-order chi connectivity index (χ0) is 8.97. The highest BCUT2D eigenvalue weighted by Crippen LogP contribution is 2.17. The fourth-order valence-electron chi connectivity index (χ4n) is 1.05. The lowest BCUT2D eigenvalue weighted by atomic mass is 10.0. The molecular weight excluding hydrogens is 155 g/mol. The van der Waals surface area contributed by atoms with Crippen LogP contribution < -0.4 is 5.73 Å². The summed E-state index contributed by atoms with van der Waals surface area (Å²) in [6.45, 7) is 3.41. The molecule has 64 valence electrons. The van der Waals surface area contributed by atoms with Gasteiger partial charge in [0.25, 0.3) is 0 Å². The SMILES string of the molecule is C=CN=C(N)C1=CC(F)=CCC1. The average molecular weight is 166 g/mol. The molecule has 1 aliphatic carbocycles. The van der Waals surface area contributed by atoms with Gasteiger partial charge in [-0.1, -0.05) is 6.58 Å². The van der Waals surface area contributed by atoms with Crippen LogP contribution in [0, 0.1) is 0 Å². The topological polar surface area (TPSA) is 38.4 Å². The number of allylic oxidation sites excluding steroid dienone is 3. The average Bonchev–Trinajstić information content (AvgIpc) is 2.05. The first-order valence-electron chi connectivity index (χ1n) is 3.75. The van der Waals surface area contributed by atoms with E-state index in [2.05, 4.69) is 11.6 Å². The second-order valence-corrected chi connectivity index (χ2v) is 2.49. The number of hydrogen-bond acceptors (Lipinski definition) is 1. The molecule has 0 unspecified atom stereocenters. The number of amidine groups is 1. The van der Waals surface area contributed by atoms with Crippen molar-refractivity contribution in [3.63, 3.8) is 0 Å². The number of rotatable bonds is 2. The van der Waals surface area contributed by atoms with Gasteiger partial charge in [0.1, 0.15) is 11.7 Å². The summed E-state index contributed by atoms with van der Waals surface area (Å²) < 4.78 is 12.7. The van der Waals surface area contributed by atoms with Gasteiger partial charge in [0.2, 0.25) is 0 Å². The molecule has 0 spiro atoms. The lowest BCUT2D eigenvalue weighted by molar-refractivity contribution is 0.650. The van der Waals surface area contributed by atoms with Crippen molar-refractivity contribution in [2.75, 3.05) is 0 Å². The Bertz CT molecular complexity index is 274. The minimum absolute atomic E-state index is 0.238. The van der Waals surface area contributed by atoms with Crippen LogP contribution in [0.4, 0.5) is 4.39 Å². The van der Waals surface area contributed by atoms with E-state index in [0.29, 0.717) is 12.3 Å². The van der Waals surface area contributed by atoms with Crippen molar-refractivity contribution in [2.45, 2.75) is 12.8 Å². The highest BCUT2D eigenvalue weighted by atomic mass is 19.1. The molecule has 0 aromatic carbocycles. The molecule has 0 fully saturated rings. The molecule has 0 saturated carbocycles. The van der Waals surface area contributed by atoms with Crippen molar-refractivity contribution in [1.82, 2.24) is 0 Å². The third-order valence-electron chi connectivity index (χ3n) is 1.62. The molecule has 0 aromatic heterocycles. The molecule has 0 radical (unpaired) electrons. The summed E-state index contributed by atoms with van der Waals surface area (Å²) in [4.78, 5) is 3.78. The summed E-state index contributed by atoms with van der Waals surface area (Å²) in [5, 5.41) is 0. The molecule has 0 saturated heterocycles. The van der Waals surface area contributed by atoms with Crippen molar-refractivity contribution >= 4 is 5.84 Å². The smallest absolute Gasteiger partial charge is 0.126 e. The summed E-state index contributed by atoms with van der Waals surface area (Å²) in [5.41, 5.74) is 6.28. The van der Waals surface area contributed by atoms with Gasteiger partial charge in [-0.05, 0) is 30.6 Å². The van der Waals surface area contributed by atoms with Gasteiger partial charge in [0, 0.05) is 6.20 Å². The molecule has 0 aliphatic heterocycles. The zero-order valence-corrected chi connectivity index (χ0v) is 6.76. The van der Waals surface area contributed by atoms with Crippen LogP contribution >= 0.6 is 0 Å². The van der Waals surface area contributed by atoms with Gasteiger partial charge < -0.3 is 5.73 Å².